The highest BCUT2D eigenvalue weighted by atomic mass is 16.7. The number of hydrogen-bond donors (Lipinski definition) is 0. The average molecular weight is 378 g/mol. The van der Waals surface area contributed by atoms with Gasteiger partial charge in [0.1, 0.15) is 0 Å². The lowest BCUT2D eigenvalue weighted by atomic mass is 9.71. The SMILES string of the molecule is CC1(C)CN(C(=O)N2CCC(B3OC(C)(C)C(C)(C)O3)C2)[C@@H]2CCC[C@H]2O1. The van der Waals surface area contributed by atoms with Gasteiger partial charge in [-0.2, -0.15) is 0 Å². The molecule has 4 aliphatic rings. The van der Waals surface area contributed by atoms with Gasteiger partial charge in [0.2, 0.25) is 0 Å². The Kier molecular flexibility index (Phi) is 4.60. The molecule has 3 heterocycles. The third kappa shape index (κ3) is 3.40. The second-order valence-electron chi connectivity index (χ2n) is 10.4. The Labute approximate surface area is 164 Å². The molecule has 1 unspecified atom stereocenters. The van der Waals surface area contributed by atoms with Crippen molar-refractivity contribution in [1.82, 2.24) is 9.80 Å². The lowest BCUT2D eigenvalue weighted by molar-refractivity contribution is -0.142. The van der Waals surface area contributed by atoms with E-state index in [1.807, 2.05) is 4.90 Å². The van der Waals surface area contributed by atoms with Crippen molar-refractivity contribution in [1.29, 1.82) is 0 Å². The second kappa shape index (κ2) is 6.36. The zero-order valence-corrected chi connectivity index (χ0v) is 17.8. The molecular formula is C20H35BN2O4. The molecule has 27 heavy (non-hydrogen) atoms. The van der Waals surface area contributed by atoms with Crippen molar-refractivity contribution < 1.29 is 18.8 Å². The van der Waals surface area contributed by atoms with Crippen molar-refractivity contribution >= 4 is 13.1 Å². The lowest BCUT2D eigenvalue weighted by Crippen LogP contribution is -2.61. The number of morpholine rings is 1. The van der Waals surface area contributed by atoms with Gasteiger partial charge in [0.15, 0.2) is 0 Å². The first-order chi connectivity index (χ1) is 12.5. The predicted molar refractivity (Wildman–Crippen MR) is 105 cm³/mol. The normalized spacial score (nSPS) is 37.0. The molecule has 3 saturated heterocycles. The fourth-order valence-electron chi connectivity index (χ4n) is 5.03. The summed E-state index contributed by atoms with van der Waals surface area (Å²) in [5.41, 5.74) is -0.910. The van der Waals surface area contributed by atoms with Gasteiger partial charge in [0, 0.05) is 18.9 Å². The molecule has 1 aliphatic carbocycles. The minimum atomic E-state index is -0.319. The molecule has 6 nitrogen and oxygen atoms in total. The molecule has 0 spiro atoms. The largest absolute Gasteiger partial charge is 0.463 e. The molecule has 152 valence electrons. The molecule has 0 radical (unpaired) electrons. The van der Waals surface area contributed by atoms with Crippen molar-refractivity contribution in [2.24, 2.45) is 0 Å². The fraction of sp³-hybridized carbons (Fsp3) is 0.950. The topological polar surface area (TPSA) is 51.2 Å². The van der Waals surface area contributed by atoms with E-state index in [4.69, 9.17) is 14.0 Å². The van der Waals surface area contributed by atoms with Gasteiger partial charge >= 0.3 is 13.1 Å². The molecule has 0 aromatic carbocycles. The Hall–Kier alpha value is -0.785. The van der Waals surface area contributed by atoms with Gasteiger partial charge in [-0.3, -0.25) is 0 Å². The summed E-state index contributed by atoms with van der Waals surface area (Å²) in [6, 6.07) is 0.406. The van der Waals surface area contributed by atoms with E-state index in [0.29, 0.717) is 13.1 Å². The highest BCUT2D eigenvalue weighted by Crippen LogP contribution is 2.43. The number of urea groups is 1. The van der Waals surface area contributed by atoms with Crippen molar-refractivity contribution in [3.05, 3.63) is 0 Å². The van der Waals surface area contributed by atoms with Crippen LogP contribution in [-0.2, 0) is 14.0 Å². The number of likely N-dealkylation sites (tertiary alicyclic amines) is 1. The molecule has 3 atom stereocenters. The summed E-state index contributed by atoms with van der Waals surface area (Å²) in [5.74, 6) is 0.239. The van der Waals surface area contributed by atoms with E-state index in [1.165, 1.54) is 0 Å². The maximum absolute atomic E-state index is 13.4. The highest BCUT2D eigenvalue weighted by Gasteiger charge is 2.55. The van der Waals surface area contributed by atoms with Gasteiger partial charge in [-0.15, -0.1) is 0 Å². The van der Waals surface area contributed by atoms with Crippen LogP contribution >= 0.6 is 0 Å². The molecule has 0 bridgehead atoms. The van der Waals surface area contributed by atoms with Gasteiger partial charge < -0.3 is 23.8 Å². The zero-order chi connectivity index (χ0) is 19.6. The van der Waals surface area contributed by atoms with E-state index in [-0.39, 0.29) is 47.9 Å². The Balaban J connectivity index is 1.42. The number of carbonyl (C=O) groups excluding carboxylic acids is 1. The van der Waals surface area contributed by atoms with Crippen LogP contribution in [0.2, 0.25) is 5.82 Å². The van der Waals surface area contributed by atoms with Crippen LogP contribution in [0.4, 0.5) is 4.79 Å². The van der Waals surface area contributed by atoms with Gasteiger partial charge in [-0.25, -0.2) is 4.79 Å². The van der Waals surface area contributed by atoms with Crippen molar-refractivity contribution in [2.45, 2.75) is 102 Å². The first kappa shape index (κ1) is 19.5. The van der Waals surface area contributed by atoms with Crippen molar-refractivity contribution in [3.8, 4) is 0 Å². The monoisotopic (exact) mass is 378 g/mol. The molecule has 7 heteroatoms. The average Bonchev–Trinajstić information content (AvgIpc) is 3.23. The Morgan fingerprint density at radius 1 is 1.00 bits per heavy atom. The standard InChI is InChI=1S/C20H35BN2O4/c1-18(2)13-23(15-8-7-9-16(15)25-18)17(24)22-11-10-14(12-22)21-26-19(3,4)20(5,6)27-21/h14-16H,7-13H2,1-6H3/t14?,15-,16-/m1/s1. The van der Waals surface area contributed by atoms with E-state index in [2.05, 4.69) is 46.4 Å². The fourth-order valence-corrected chi connectivity index (χ4v) is 5.03. The lowest BCUT2D eigenvalue weighted by Gasteiger charge is -2.47. The summed E-state index contributed by atoms with van der Waals surface area (Å²) in [6.45, 7) is 14.7. The molecule has 1 saturated carbocycles. The van der Waals surface area contributed by atoms with Crippen LogP contribution in [-0.4, -0.2) is 71.5 Å². The molecule has 4 fully saturated rings. The molecule has 0 aromatic heterocycles. The smallest absolute Gasteiger partial charge is 0.403 e. The van der Waals surface area contributed by atoms with Crippen LogP contribution in [0, 0.1) is 0 Å². The second-order valence-corrected chi connectivity index (χ2v) is 10.4. The van der Waals surface area contributed by atoms with E-state index in [1.54, 1.807) is 0 Å². The van der Waals surface area contributed by atoms with Crippen molar-refractivity contribution in [3.63, 3.8) is 0 Å². The minimum absolute atomic E-state index is 0.169. The summed E-state index contributed by atoms with van der Waals surface area (Å²) in [6.07, 6.45) is 4.39. The first-order valence-corrected chi connectivity index (χ1v) is 10.6. The maximum atomic E-state index is 13.4. The number of carbonyl (C=O) groups is 1. The van der Waals surface area contributed by atoms with Gasteiger partial charge in [0.25, 0.3) is 0 Å². The summed E-state index contributed by atoms with van der Waals surface area (Å²) in [4.78, 5) is 17.5. The third-order valence-electron chi connectivity index (χ3n) is 7.24. The molecule has 4 rings (SSSR count). The summed E-state index contributed by atoms with van der Waals surface area (Å²) < 4.78 is 18.7. The van der Waals surface area contributed by atoms with E-state index in [9.17, 15) is 4.79 Å². The number of fused-ring (bicyclic) bond motifs is 1. The maximum Gasteiger partial charge on any atom is 0.463 e. The number of amides is 2. The van der Waals surface area contributed by atoms with Gasteiger partial charge in [0.05, 0.1) is 35.5 Å². The molecule has 0 N–H and O–H groups in total. The Morgan fingerprint density at radius 3 is 2.33 bits per heavy atom. The zero-order valence-electron chi connectivity index (χ0n) is 17.8. The van der Waals surface area contributed by atoms with E-state index in [0.717, 1.165) is 32.2 Å². The van der Waals surface area contributed by atoms with E-state index < -0.39 is 0 Å². The molecule has 0 aromatic rings. The molecular weight excluding hydrogens is 343 g/mol. The highest BCUT2D eigenvalue weighted by molar-refractivity contribution is 6.47. The Bertz CT molecular complexity index is 593. The van der Waals surface area contributed by atoms with Gasteiger partial charge in [-0.1, -0.05) is 0 Å². The summed E-state index contributed by atoms with van der Waals surface area (Å²) in [5, 5.41) is 0. The quantitative estimate of drug-likeness (QED) is 0.657. The van der Waals surface area contributed by atoms with Crippen LogP contribution in [0.5, 0.6) is 0 Å². The summed E-state index contributed by atoms with van der Waals surface area (Å²) >= 11 is 0. The summed E-state index contributed by atoms with van der Waals surface area (Å²) in [7, 11) is -0.229. The van der Waals surface area contributed by atoms with Crippen LogP contribution < -0.4 is 0 Å². The Morgan fingerprint density at radius 2 is 1.67 bits per heavy atom. The van der Waals surface area contributed by atoms with Crippen LogP contribution in [0.1, 0.15) is 67.2 Å². The van der Waals surface area contributed by atoms with Crippen LogP contribution in [0.3, 0.4) is 0 Å². The predicted octanol–water partition coefficient (Wildman–Crippen LogP) is 3.31. The van der Waals surface area contributed by atoms with Crippen LogP contribution in [0.15, 0.2) is 0 Å². The third-order valence-corrected chi connectivity index (χ3v) is 7.24. The molecule has 3 aliphatic heterocycles. The minimum Gasteiger partial charge on any atom is -0.403 e. The molecule has 2 amide bonds. The van der Waals surface area contributed by atoms with Crippen LogP contribution in [0.25, 0.3) is 0 Å². The van der Waals surface area contributed by atoms with Gasteiger partial charge in [-0.05, 0) is 67.2 Å². The number of rotatable bonds is 1. The number of ether oxygens (including phenoxy) is 1. The van der Waals surface area contributed by atoms with E-state index >= 15 is 0 Å². The number of hydrogen-bond acceptors (Lipinski definition) is 4. The first-order valence-electron chi connectivity index (χ1n) is 10.6. The number of nitrogens with zero attached hydrogens (tertiary/aromatic N) is 2. The van der Waals surface area contributed by atoms with Crippen molar-refractivity contribution in [2.75, 3.05) is 19.6 Å².